The molecule has 2 rings (SSSR count). The summed E-state index contributed by atoms with van der Waals surface area (Å²) in [6.07, 6.45) is -6.14. The molecule has 2 aromatic carbocycles. The third-order valence-corrected chi connectivity index (χ3v) is 6.03. The van der Waals surface area contributed by atoms with E-state index in [4.69, 9.17) is 4.74 Å². The van der Waals surface area contributed by atoms with E-state index < -0.39 is 40.1 Å². The molecule has 0 bridgehead atoms. The maximum atomic E-state index is 12.4. The van der Waals surface area contributed by atoms with E-state index >= 15 is 0 Å². The molecule has 0 heterocycles. The van der Waals surface area contributed by atoms with Gasteiger partial charge in [0.2, 0.25) is 10.0 Å². The third-order valence-electron chi connectivity index (χ3n) is 4.22. The molecule has 1 atom stereocenters. The zero-order valence-corrected chi connectivity index (χ0v) is 18.4. The highest BCUT2D eigenvalue weighted by Crippen LogP contribution is 2.24. The van der Waals surface area contributed by atoms with Gasteiger partial charge in [-0.05, 0) is 55.8 Å². The standard InChI is InChI=1S/C20H21F3N2O6S/c1-12-5-10-16(32(28,29)25(3)4)11-17(12)24-18(26)13(2)30-19(27)14-6-8-15(9-7-14)31-20(21,22)23/h5-11,13H,1-4H3,(H,24,26). The molecule has 0 aromatic heterocycles. The molecule has 0 spiro atoms. The fraction of sp³-hybridized carbons (Fsp3) is 0.300. The molecule has 8 nitrogen and oxygen atoms in total. The van der Waals surface area contributed by atoms with Crippen molar-refractivity contribution in [2.45, 2.75) is 31.2 Å². The molecule has 0 radical (unpaired) electrons. The number of ether oxygens (including phenoxy) is 2. The first-order valence-corrected chi connectivity index (χ1v) is 10.6. The number of nitrogens with zero attached hydrogens (tertiary/aromatic N) is 1. The molecule has 0 fully saturated rings. The Labute approximate surface area is 183 Å². The van der Waals surface area contributed by atoms with Gasteiger partial charge in [0.15, 0.2) is 6.10 Å². The van der Waals surface area contributed by atoms with E-state index in [2.05, 4.69) is 10.1 Å². The zero-order chi connectivity index (χ0) is 24.3. The maximum Gasteiger partial charge on any atom is 0.573 e. The van der Waals surface area contributed by atoms with Gasteiger partial charge in [-0.15, -0.1) is 13.2 Å². The minimum atomic E-state index is -4.87. The lowest BCUT2D eigenvalue weighted by Gasteiger charge is -2.17. The van der Waals surface area contributed by atoms with Crippen LogP contribution in [0.1, 0.15) is 22.8 Å². The van der Waals surface area contributed by atoms with Gasteiger partial charge in [-0.3, -0.25) is 4.79 Å². The van der Waals surface area contributed by atoms with Crippen molar-refractivity contribution in [3.8, 4) is 5.75 Å². The molecule has 1 amide bonds. The van der Waals surface area contributed by atoms with Crippen LogP contribution in [-0.2, 0) is 19.6 Å². The molecule has 2 aromatic rings. The van der Waals surface area contributed by atoms with Crippen LogP contribution < -0.4 is 10.1 Å². The fourth-order valence-electron chi connectivity index (χ4n) is 2.42. The Hall–Kier alpha value is -3.12. The first kappa shape index (κ1) is 25.1. The van der Waals surface area contributed by atoms with Crippen LogP contribution in [0.15, 0.2) is 47.4 Å². The highest BCUT2D eigenvalue weighted by atomic mass is 32.2. The number of aryl methyl sites for hydroxylation is 1. The number of halogens is 3. The van der Waals surface area contributed by atoms with Crippen molar-refractivity contribution in [2.24, 2.45) is 0 Å². The predicted molar refractivity (Wildman–Crippen MR) is 109 cm³/mol. The largest absolute Gasteiger partial charge is 0.573 e. The van der Waals surface area contributed by atoms with Gasteiger partial charge in [0.1, 0.15) is 5.75 Å². The van der Waals surface area contributed by atoms with Crippen molar-refractivity contribution in [3.05, 3.63) is 53.6 Å². The number of anilines is 1. The summed E-state index contributed by atoms with van der Waals surface area (Å²) >= 11 is 0. The second kappa shape index (κ2) is 9.57. The SMILES string of the molecule is Cc1ccc(S(=O)(=O)N(C)C)cc1NC(=O)C(C)OC(=O)c1ccc(OC(F)(F)F)cc1. The Bertz CT molecular complexity index is 1100. The van der Waals surface area contributed by atoms with E-state index in [0.717, 1.165) is 28.6 Å². The summed E-state index contributed by atoms with van der Waals surface area (Å²) in [5, 5.41) is 2.51. The second-order valence-corrected chi connectivity index (χ2v) is 9.02. The van der Waals surface area contributed by atoms with Gasteiger partial charge >= 0.3 is 12.3 Å². The number of hydrogen-bond acceptors (Lipinski definition) is 6. The van der Waals surface area contributed by atoms with E-state index in [0.29, 0.717) is 5.56 Å². The van der Waals surface area contributed by atoms with E-state index in [9.17, 15) is 31.2 Å². The summed E-state index contributed by atoms with van der Waals surface area (Å²) in [6.45, 7) is 2.95. The summed E-state index contributed by atoms with van der Waals surface area (Å²) < 4.78 is 71.0. The second-order valence-electron chi connectivity index (χ2n) is 6.87. The van der Waals surface area contributed by atoms with Crippen molar-refractivity contribution in [1.29, 1.82) is 0 Å². The van der Waals surface area contributed by atoms with Crippen LogP contribution in [0, 0.1) is 6.92 Å². The number of hydrogen-bond donors (Lipinski definition) is 1. The number of rotatable bonds is 7. The molecule has 174 valence electrons. The molecule has 12 heteroatoms. The average molecular weight is 474 g/mol. The molecular formula is C20H21F3N2O6S. The smallest absolute Gasteiger partial charge is 0.449 e. The summed E-state index contributed by atoms with van der Waals surface area (Å²) in [5.74, 6) is -2.17. The molecule has 0 saturated carbocycles. The fourth-order valence-corrected chi connectivity index (χ4v) is 3.34. The van der Waals surface area contributed by atoms with Gasteiger partial charge in [0.05, 0.1) is 10.5 Å². The number of sulfonamides is 1. The minimum absolute atomic E-state index is 0.0331. The Morgan fingerprint density at radius 1 is 1.06 bits per heavy atom. The van der Waals surface area contributed by atoms with Crippen LogP contribution in [0.25, 0.3) is 0 Å². The predicted octanol–water partition coefficient (Wildman–Crippen LogP) is 3.33. The van der Waals surface area contributed by atoms with Crippen LogP contribution in [-0.4, -0.2) is 51.2 Å². The minimum Gasteiger partial charge on any atom is -0.449 e. The summed E-state index contributed by atoms with van der Waals surface area (Å²) in [5.41, 5.74) is 0.707. The molecule has 0 aliphatic carbocycles. The van der Waals surface area contributed by atoms with Crippen molar-refractivity contribution >= 4 is 27.6 Å². The molecule has 32 heavy (non-hydrogen) atoms. The third kappa shape index (κ3) is 6.44. The number of benzene rings is 2. The first-order chi connectivity index (χ1) is 14.7. The van der Waals surface area contributed by atoms with E-state index in [1.165, 1.54) is 39.2 Å². The van der Waals surface area contributed by atoms with E-state index in [1.54, 1.807) is 6.92 Å². The van der Waals surface area contributed by atoms with Crippen molar-refractivity contribution < 1.29 is 40.7 Å². The lowest BCUT2D eigenvalue weighted by atomic mass is 10.2. The summed E-state index contributed by atoms with van der Waals surface area (Å²) in [4.78, 5) is 24.6. The molecule has 1 N–H and O–H groups in total. The van der Waals surface area contributed by atoms with E-state index in [1.807, 2.05) is 0 Å². The highest BCUT2D eigenvalue weighted by molar-refractivity contribution is 7.89. The van der Waals surface area contributed by atoms with Crippen molar-refractivity contribution in [1.82, 2.24) is 4.31 Å². The first-order valence-electron chi connectivity index (χ1n) is 9.11. The maximum absolute atomic E-state index is 12.4. The number of carbonyl (C=O) groups excluding carboxylic acids is 2. The average Bonchev–Trinajstić information content (AvgIpc) is 2.68. The van der Waals surface area contributed by atoms with Gasteiger partial charge in [-0.2, -0.15) is 0 Å². The number of nitrogens with one attached hydrogen (secondary N) is 1. The van der Waals surface area contributed by atoms with Gasteiger partial charge < -0.3 is 14.8 Å². The van der Waals surface area contributed by atoms with Crippen LogP contribution in [0.2, 0.25) is 0 Å². The number of esters is 1. The zero-order valence-electron chi connectivity index (χ0n) is 17.6. The van der Waals surface area contributed by atoms with Gasteiger partial charge in [0, 0.05) is 19.8 Å². The molecule has 1 unspecified atom stereocenters. The Morgan fingerprint density at radius 3 is 2.19 bits per heavy atom. The normalized spacial score (nSPS) is 12.9. The van der Waals surface area contributed by atoms with Crippen molar-refractivity contribution in [3.63, 3.8) is 0 Å². The van der Waals surface area contributed by atoms with Crippen LogP contribution >= 0.6 is 0 Å². The monoisotopic (exact) mass is 474 g/mol. The highest BCUT2D eigenvalue weighted by Gasteiger charge is 2.31. The van der Waals surface area contributed by atoms with Gasteiger partial charge in [0.25, 0.3) is 5.91 Å². The van der Waals surface area contributed by atoms with Crippen molar-refractivity contribution in [2.75, 3.05) is 19.4 Å². The van der Waals surface area contributed by atoms with Crippen LogP contribution in [0.5, 0.6) is 5.75 Å². The number of amides is 1. The Morgan fingerprint density at radius 2 is 1.66 bits per heavy atom. The summed E-state index contributed by atoms with van der Waals surface area (Å²) in [6, 6.07) is 8.21. The number of carbonyl (C=O) groups is 2. The van der Waals surface area contributed by atoms with Gasteiger partial charge in [-0.25, -0.2) is 17.5 Å². The lowest BCUT2D eigenvalue weighted by Crippen LogP contribution is -2.30. The molecule has 0 aliphatic heterocycles. The Kier molecular flexibility index (Phi) is 7.52. The molecule has 0 saturated heterocycles. The summed E-state index contributed by atoms with van der Waals surface area (Å²) in [7, 11) is -0.983. The Balaban J connectivity index is 2.08. The molecule has 0 aliphatic rings. The van der Waals surface area contributed by atoms with Crippen LogP contribution in [0.4, 0.5) is 18.9 Å². The lowest BCUT2D eigenvalue weighted by molar-refractivity contribution is -0.274. The quantitative estimate of drug-likeness (QED) is 0.618. The van der Waals surface area contributed by atoms with Crippen LogP contribution in [0.3, 0.4) is 0 Å². The van der Waals surface area contributed by atoms with Gasteiger partial charge in [-0.1, -0.05) is 6.07 Å². The topological polar surface area (TPSA) is 102 Å². The number of alkyl halides is 3. The molecular weight excluding hydrogens is 453 g/mol. The van der Waals surface area contributed by atoms with E-state index in [-0.39, 0.29) is 16.1 Å².